The molecule has 1 aliphatic carbocycles. The molecule has 7 heteroatoms. The maximum Gasteiger partial charge on any atom is 0.240 e. The molecule has 26 heavy (non-hydrogen) atoms. The standard InChI is InChI=1S/C19H24N4O2S/c1-2-22-26(24,25)18-8-3-5-14(11-18)13-21-19(20)23-17-10-9-15-6-4-7-16(15)12-17/h3,5,8-12,22H,2,4,6-7,13H2,1H3,(H3,20,21,23). The molecule has 0 amide bonds. The summed E-state index contributed by atoms with van der Waals surface area (Å²) in [5, 5.41) is 3.10. The number of hydrogen-bond acceptors (Lipinski definition) is 3. The third kappa shape index (κ3) is 4.42. The average Bonchev–Trinajstić information content (AvgIpc) is 3.08. The van der Waals surface area contributed by atoms with E-state index in [0.29, 0.717) is 19.0 Å². The van der Waals surface area contributed by atoms with Crippen molar-refractivity contribution in [2.45, 2.75) is 37.6 Å². The molecule has 6 nitrogen and oxygen atoms in total. The molecule has 0 radical (unpaired) electrons. The largest absolute Gasteiger partial charge is 0.370 e. The third-order valence-electron chi connectivity index (χ3n) is 4.35. The fourth-order valence-corrected chi connectivity index (χ4v) is 4.21. The minimum Gasteiger partial charge on any atom is -0.370 e. The Kier molecular flexibility index (Phi) is 5.58. The van der Waals surface area contributed by atoms with E-state index in [0.717, 1.165) is 24.1 Å². The van der Waals surface area contributed by atoms with Crippen LogP contribution in [-0.2, 0) is 29.4 Å². The average molecular weight is 372 g/mol. The molecular formula is C19H24N4O2S. The number of anilines is 1. The van der Waals surface area contributed by atoms with Gasteiger partial charge in [0.1, 0.15) is 0 Å². The summed E-state index contributed by atoms with van der Waals surface area (Å²) in [6.45, 7) is 2.40. The predicted octanol–water partition coefficient (Wildman–Crippen LogP) is 2.40. The molecule has 0 aliphatic heterocycles. The van der Waals surface area contributed by atoms with E-state index in [1.54, 1.807) is 25.1 Å². The van der Waals surface area contributed by atoms with Crippen LogP contribution in [0.5, 0.6) is 0 Å². The first-order valence-corrected chi connectivity index (χ1v) is 10.2. The van der Waals surface area contributed by atoms with Crippen LogP contribution in [-0.4, -0.2) is 20.9 Å². The molecule has 3 rings (SSSR count). The second-order valence-corrected chi connectivity index (χ2v) is 8.08. The van der Waals surface area contributed by atoms with Crippen LogP contribution in [0.2, 0.25) is 0 Å². The van der Waals surface area contributed by atoms with Crippen molar-refractivity contribution in [3.63, 3.8) is 0 Å². The van der Waals surface area contributed by atoms with Crippen molar-refractivity contribution < 1.29 is 8.42 Å². The monoisotopic (exact) mass is 372 g/mol. The first kappa shape index (κ1) is 18.4. The molecule has 1 aliphatic rings. The molecule has 0 heterocycles. The summed E-state index contributed by atoms with van der Waals surface area (Å²) in [5.41, 5.74) is 10.5. The van der Waals surface area contributed by atoms with Crippen molar-refractivity contribution in [2.24, 2.45) is 10.7 Å². The lowest BCUT2D eigenvalue weighted by molar-refractivity contribution is 0.584. The number of aryl methyl sites for hydroxylation is 2. The highest BCUT2D eigenvalue weighted by molar-refractivity contribution is 7.89. The van der Waals surface area contributed by atoms with E-state index in [4.69, 9.17) is 5.73 Å². The SMILES string of the molecule is CCNS(=O)(=O)c1cccc(CN=C(N)Nc2ccc3c(c2)CCC3)c1. The highest BCUT2D eigenvalue weighted by Gasteiger charge is 2.13. The first-order chi connectivity index (χ1) is 12.5. The van der Waals surface area contributed by atoms with Gasteiger partial charge in [0.05, 0.1) is 11.4 Å². The molecule has 4 N–H and O–H groups in total. The number of sulfonamides is 1. The minimum atomic E-state index is -3.47. The molecule has 2 aromatic rings. The molecule has 0 bridgehead atoms. The Morgan fingerprint density at radius 3 is 2.77 bits per heavy atom. The summed E-state index contributed by atoms with van der Waals surface area (Å²) in [6, 6.07) is 13.0. The van der Waals surface area contributed by atoms with E-state index in [9.17, 15) is 8.42 Å². The molecule has 0 aromatic heterocycles. The highest BCUT2D eigenvalue weighted by Crippen LogP contribution is 2.24. The predicted molar refractivity (Wildman–Crippen MR) is 105 cm³/mol. The number of rotatable bonds is 6. The smallest absolute Gasteiger partial charge is 0.240 e. The van der Waals surface area contributed by atoms with Gasteiger partial charge in [0, 0.05) is 12.2 Å². The van der Waals surface area contributed by atoms with Gasteiger partial charge < -0.3 is 11.1 Å². The summed E-state index contributed by atoms with van der Waals surface area (Å²) < 4.78 is 26.6. The second kappa shape index (κ2) is 7.88. The van der Waals surface area contributed by atoms with Gasteiger partial charge in [-0.05, 0) is 60.2 Å². The Morgan fingerprint density at radius 2 is 1.96 bits per heavy atom. The van der Waals surface area contributed by atoms with Crippen LogP contribution in [0.3, 0.4) is 0 Å². The molecule has 2 aromatic carbocycles. The number of guanidine groups is 1. The van der Waals surface area contributed by atoms with E-state index in [1.807, 2.05) is 12.1 Å². The van der Waals surface area contributed by atoms with Crippen molar-refractivity contribution in [1.82, 2.24) is 4.72 Å². The van der Waals surface area contributed by atoms with E-state index in [2.05, 4.69) is 27.2 Å². The van der Waals surface area contributed by atoms with Gasteiger partial charge >= 0.3 is 0 Å². The van der Waals surface area contributed by atoms with Gasteiger partial charge in [0.15, 0.2) is 5.96 Å². The van der Waals surface area contributed by atoms with Crippen molar-refractivity contribution in [3.8, 4) is 0 Å². The van der Waals surface area contributed by atoms with Crippen LogP contribution in [0.4, 0.5) is 5.69 Å². The molecule has 0 saturated heterocycles. The number of hydrogen-bond donors (Lipinski definition) is 3. The van der Waals surface area contributed by atoms with Crippen LogP contribution >= 0.6 is 0 Å². The minimum absolute atomic E-state index is 0.234. The topological polar surface area (TPSA) is 96.6 Å². The fourth-order valence-electron chi connectivity index (χ4n) is 3.10. The van der Waals surface area contributed by atoms with Gasteiger partial charge in [-0.15, -0.1) is 0 Å². The maximum atomic E-state index is 12.1. The molecule has 0 saturated carbocycles. The van der Waals surface area contributed by atoms with Crippen molar-refractivity contribution in [1.29, 1.82) is 0 Å². The number of nitrogens with zero attached hydrogens (tertiary/aromatic N) is 1. The van der Waals surface area contributed by atoms with Crippen LogP contribution in [0.25, 0.3) is 0 Å². The van der Waals surface area contributed by atoms with E-state index in [1.165, 1.54) is 17.5 Å². The Morgan fingerprint density at radius 1 is 1.15 bits per heavy atom. The van der Waals surface area contributed by atoms with Crippen molar-refractivity contribution in [2.75, 3.05) is 11.9 Å². The quantitative estimate of drug-likeness (QED) is 0.536. The number of benzene rings is 2. The molecule has 138 valence electrons. The second-order valence-electron chi connectivity index (χ2n) is 6.31. The van der Waals surface area contributed by atoms with Crippen LogP contribution in [0.1, 0.15) is 30.0 Å². The summed E-state index contributed by atoms with van der Waals surface area (Å²) in [7, 11) is -3.47. The van der Waals surface area contributed by atoms with Gasteiger partial charge in [-0.2, -0.15) is 0 Å². The summed E-state index contributed by atoms with van der Waals surface area (Å²) in [6.07, 6.45) is 3.45. The lowest BCUT2D eigenvalue weighted by Crippen LogP contribution is -2.23. The molecule has 0 atom stereocenters. The maximum absolute atomic E-state index is 12.1. The number of fused-ring (bicyclic) bond motifs is 1. The Balaban J connectivity index is 1.67. The van der Waals surface area contributed by atoms with E-state index in [-0.39, 0.29) is 4.90 Å². The molecular weight excluding hydrogens is 348 g/mol. The number of nitrogens with one attached hydrogen (secondary N) is 2. The van der Waals surface area contributed by atoms with E-state index < -0.39 is 10.0 Å². The summed E-state index contributed by atoms with van der Waals surface area (Å²) in [5.74, 6) is 0.308. The zero-order valence-electron chi connectivity index (χ0n) is 14.8. The lowest BCUT2D eigenvalue weighted by atomic mass is 10.1. The van der Waals surface area contributed by atoms with Crippen molar-refractivity contribution >= 4 is 21.7 Å². The van der Waals surface area contributed by atoms with E-state index >= 15 is 0 Å². The zero-order valence-corrected chi connectivity index (χ0v) is 15.6. The first-order valence-electron chi connectivity index (χ1n) is 8.75. The Labute approximate surface area is 154 Å². The molecule has 0 fully saturated rings. The summed E-state index contributed by atoms with van der Waals surface area (Å²) >= 11 is 0. The van der Waals surface area contributed by atoms with Gasteiger partial charge in [-0.1, -0.05) is 25.1 Å². The highest BCUT2D eigenvalue weighted by atomic mass is 32.2. The van der Waals surface area contributed by atoms with Gasteiger partial charge in [-0.3, -0.25) is 0 Å². The van der Waals surface area contributed by atoms with Crippen LogP contribution < -0.4 is 15.8 Å². The van der Waals surface area contributed by atoms with Gasteiger partial charge in [-0.25, -0.2) is 18.1 Å². The van der Waals surface area contributed by atoms with Gasteiger partial charge in [0.25, 0.3) is 0 Å². The number of nitrogens with two attached hydrogens (primary N) is 1. The fraction of sp³-hybridized carbons (Fsp3) is 0.316. The summed E-state index contributed by atoms with van der Waals surface area (Å²) in [4.78, 5) is 4.55. The molecule has 0 spiro atoms. The third-order valence-corrected chi connectivity index (χ3v) is 5.89. The Bertz CT molecular complexity index is 923. The van der Waals surface area contributed by atoms with Gasteiger partial charge in [0.2, 0.25) is 10.0 Å². The Hall–Kier alpha value is -2.38. The van der Waals surface area contributed by atoms with Crippen LogP contribution in [0.15, 0.2) is 52.4 Å². The van der Waals surface area contributed by atoms with Crippen LogP contribution in [0, 0.1) is 0 Å². The zero-order chi connectivity index (χ0) is 18.6. The molecule has 0 unspecified atom stereocenters. The van der Waals surface area contributed by atoms with Crippen molar-refractivity contribution in [3.05, 3.63) is 59.2 Å². The lowest BCUT2D eigenvalue weighted by Gasteiger charge is -2.09. The number of aliphatic imine (C=N–C) groups is 1. The normalized spacial score (nSPS) is 14.3.